The van der Waals surface area contributed by atoms with Gasteiger partial charge in [-0.2, -0.15) is 5.10 Å². The summed E-state index contributed by atoms with van der Waals surface area (Å²) in [6.45, 7) is 9.51. The second-order valence-corrected chi connectivity index (χ2v) is 19.7. The lowest BCUT2D eigenvalue weighted by atomic mass is 9.85. The van der Waals surface area contributed by atoms with Gasteiger partial charge in [-0.3, -0.25) is 28.7 Å². The number of hydrogen-bond donors (Lipinski definition) is 7. The van der Waals surface area contributed by atoms with E-state index in [0.29, 0.717) is 53.0 Å². The molecule has 1 saturated heterocycles. The van der Waals surface area contributed by atoms with Crippen LogP contribution < -0.4 is 36.6 Å². The van der Waals surface area contributed by atoms with Crippen molar-refractivity contribution in [2.45, 2.75) is 97.5 Å². The van der Waals surface area contributed by atoms with Crippen molar-refractivity contribution in [3.05, 3.63) is 101 Å². The van der Waals surface area contributed by atoms with Gasteiger partial charge in [0, 0.05) is 58.7 Å². The van der Waals surface area contributed by atoms with Crippen LogP contribution in [0.1, 0.15) is 93.2 Å². The molecule has 0 spiro atoms. The van der Waals surface area contributed by atoms with E-state index in [0.717, 1.165) is 27.3 Å². The maximum atomic E-state index is 14.1. The minimum Gasteiger partial charge on any atom is -0.494 e. The number of ether oxygens (including phenoxy) is 1. The van der Waals surface area contributed by atoms with Gasteiger partial charge in [-0.1, -0.05) is 57.2 Å². The van der Waals surface area contributed by atoms with Crippen molar-refractivity contribution in [1.29, 1.82) is 0 Å². The van der Waals surface area contributed by atoms with Crippen LogP contribution in [0.4, 0.5) is 23.0 Å². The molecule has 1 fully saturated rings. The van der Waals surface area contributed by atoms with Crippen LogP contribution in [-0.2, 0) is 32.8 Å². The molecule has 0 unspecified atom stereocenters. The lowest BCUT2D eigenvalue weighted by Gasteiger charge is -2.35. The monoisotopic (exact) mass is 1010 g/mol. The summed E-state index contributed by atoms with van der Waals surface area (Å²) in [4.78, 5) is 82.3. The SMILES string of the molecule is CNC(=O)c1nnc(Nc2ccc(CNC(=O)CCCCC(=O)N[C@H](C(=O)N3C[C@H](O)C[C@H]3C(=O)N[C@@H](C)c3ccc(-c4scnc4C)cc3)C(C)(C)C)cn2)cc1Nc1cccc(-c2ncn(C)n2)c1OC. The number of aliphatic hydroxyl groups excluding tert-OH is 1. The zero-order chi connectivity index (χ0) is 52.4. The van der Waals surface area contributed by atoms with Gasteiger partial charge in [-0.25, -0.2) is 15.0 Å². The van der Waals surface area contributed by atoms with Gasteiger partial charge in [-0.15, -0.1) is 21.5 Å². The summed E-state index contributed by atoms with van der Waals surface area (Å²) < 4.78 is 7.32. The summed E-state index contributed by atoms with van der Waals surface area (Å²) in [6, 6.07) is 16.2. The van der Waals surface area contributed by atoms with Crippen molar-refractivity contribution in [3.63, 3.8) is 0 Å². The Morgan fingerprint density at radius 1 is 0.904 bits per heavy atom. The average Bonchev–Trinajstić information content (AvgIpc) is 4.12. The molecule has 384 valence electrons. The van der Waals surface area contributed by atoms with E-state index in [1.807, 2.05) is 76.5 Å². The van der Waals surface area contributed by atoms with Gasteiger partial charge in [0.2, 0.25) is 23.6 Å². The number of carbonyl (C=O) groups is 5. The molecular weight excluding hydrogens is 953 g/mol. The fraction of sp³-hybridized carbons (Fsp3) is 0.392. The third kappa shape index (κ3) is 13.4. The van der Waals surface area contributed by atoms with Crippen molar-refractivity contribution >= 4 is 63.9 Å². The molecule has 1 aliphatic heterocycles. The van der Waals surface area contributed by atoms with Gasteiger partial charge in [0.1, 0.15) is 24.2 Å². The highest BCUT2D eigenvalue weighted by molar-refractivity contribution is 7.13. The molecule has 5 heterocycles. The number of carbonyl (C=O) groups excluding carboxylic acids is 5. The highest BCUT2D eigenvalue weighted by Crippen LogP contribution is 2.37. The molecule has 4 aromatic heterocycles. The predicted octanol–water partition coefficient (Wildman–Crippen LogP) is 5.50. The number of unbranched alkanes of at least 4 members (excludes halogenated alkanes) is 1. The molecule has 1 aliphatic rings. The number of aliphatic hydroxyl groups is 1. The van der Waals surface area contributed by atoms with Crippen molar-refractivity contribution in [2.75, 3.05) is 31.3 Å². The van der Waals surface area contributed by atoms with E-state index in [-0.39, 0.29) is 61.8 Å². The summed E-state index contributed by atoms with van der Waals surface area (Å²) in [5, 5.41) is 41.2. The average molecular weight is 1020 g/mol. The number of benzene rings is 2. The summed E-state index contributed by atoms with van der Waals surface area (Å²) in [5.41, 5.74) is 6.27. The molecule has 5 amide bonds. The number of β-amino-alcohol motifs (C(OH)–C–C–N with tert-alkyl or cyclic N) is 1. The normalized spacial score (nSPS) is 15.2. The van der Waals surface area contributed by atoms with Crippen LogP contribution in [0.25, 0.3) is 21.8 Å². The van der Waals surface area contributed by atoms with E-state index in [9.17, 15) is 29.1 Å². The van der Waals surface area contributed by atoms with Crippen molar-refractivity contribution < 1.29 is 33.8 Å². The Morgan fingerprint density at radius 3 is 2.30 bits per heavy atom. The number of likely N-dealkylation sites (tertiary alicyclic amines) is 1. The zero-order valence-corrected chi connectivity index (χ0v) is 43.0. The van der Waals surface area contributed by atoms with Gasteiger partial charge in [0.05, 0.1) is 52.3 Å². The molecule has 21 nitrogen and oxygen atoms in total. The van der Waals surface area contributed by atoms with E-state index < -0.39 is 35.4 Å². The molecular formula is C51H62N14O7S. The number of hydrogen-bond acceptors (Lipinski definition) is 16. The Balaban J connectivity index is 0.866. The third-order valence-electron chi connectivity index (χ3n) is 12.3. The molecule has 0 aliphatic carbocycles. The Bertz CT molecular complexity index is 2920. The number of aromatic nitrogens is 7. The molecule has 4 atom stereocenters. The molecule has 73 heavy (non-hydrogen) atoms. The van der Waals surface area contributed by atoms with Crippen LogP contribution in [0, 0.1) is 12.3 Å². The first-order valence-electron chi connectivity index (χ1n) is 23.9. The fourth-order valence-electron chi connectivity index (χ4n) is 8.32. The van der Waals surface area contributed by atoms with Gasteiger partial charge in [0.15, 0.2) is 23.1 Å². The van der Waals surface area contributed by atoms with Gasteiger partial charge in [0.25, 0.3) is 5.91 Å². The quantitative estimate of drug-likeness (QED) is 0.0465. The Labute approximate surface area is 427 Å². The number of rotatable bonds is 20. The summed E-state index contributed by atoms with van der Waals surface area (Å²) in [7, 11) is 4.79. The molecule has 6 aromatic rings. The first-order chi connectivity index (χ1) is 34.9. The summed E-state index contributed by atoms with van der Waals surface area (Å²) in [5.74, 6) is -0.190. The van der Waals surface area contributed by atoms with E-state index in [1.165, 1.54) is 19.1 Å². The minimum atomic E-state index is -0.967. The predicted molar refractivity (Wildman–Crippen MR) is 276 cm³/mol. The van der Waals surface area contributed by atoms with Crippen LogP contribution in [0.2, 0.25) is 0 Å². The molecule has 0 bridgehead atoms. The van der Waals surface area contributed by atoms with Crippen molar-refractivity contribution in [3.8, 4) is 27.6 Å². The van der Waals surface area contributed by atoms with Gasteiger partial charge < -0.3 is 46.6 Å². The number of pyridine rings is 1. The van der Waals surface area contributed by atoms with Crippen LogP contribution in [0.5, 0.6) is 5.75 Å². The van der Waals surface area contributed by atoms with Gasteiger partial charge >= 0.3 is 0 Å². The highest BCUT2D eigenvalue weighted by atomic mass is 32.1. The van der Waals surface area contributed by atoms with Crippen LogP contribution >= 0.6 is 11.3 Å². The molecule has 0 saturated carbocycles. The number of methoxy groups -OCH3 is 1. The molecule has 2 aromatic carbocycles. The van der Waals surface area contributed by atoms with Crippen LogP contribution in [0.3, 0.4) is 0 Å². The molecule has 22 heteroatoms. The number of para-hydroxylation sites is 1. The fourth-order valence-corrected chi connectivity index (χ4v) is 9.13. The van der Waals surface area contributed by atoms with E-state index in [2.05, 4.69) is 62.1 Å². The molecule has 7 N–H and O–H groups in total. The first-order valence-corrected chi connectivity index (χ1v) is 24.8. The topological polar surface area (TPSA) is 272 Å². The highest BCUT2D eigenvalue weighted by Gasteiger charge is 2.44. The second-order valence-electron chi connectivity index (χ2n) is 18.9. The number of anilines is 4. The molecule has 7 rings (SSSR count). The number of amides is 5. The second kappa shape index (κ2) is 23.6. The minimum absolute atomic E-state index is 0.0347. The number of aryl methyl sites for hydroxylation is 2. The maximum Gasteiger partial charge on any atom is 0.273 e. The van der Waals surface area contributed by atoms with Crippen LogP contribution in [0.15, 0.2) is 78.7 Å². The van der Waals surface area contributed by atoms with Crippen LogP contribution in [-0.4, -0.2) is 113 Å². The lowest BCUT2D eigenvalue weighted by Crippen LogP contribution is -2.57. The van der Waals surface area contributed by atoms with Crippen molar-refractivity contribution in [1.82, 2.24) is 61.1 Å². The standard InChI is InChI=1S/C51H62N14O7S/c1-29(32-17-19-33(20-18-32)45-30(2)56-28-73-45)57-48(69)38-22-34(66)26-65(38)50(71)46(51(3,4)5)60-42(68)15-10-9-14-41(67)54-25-31-16-21-39(53-24-31)59-40-23-37(43(62-61-40)49(70)52-6)58-36-13-11-12-35(44(36)72-8)47-55-27-64(7)63-47/h11-13,16-21,23-24,27-29,34,38,46,66H,9-10,14-15,22,25-26H2,1-8H3,(H,52,70)(H,54,67)(H,57,69)(H,60,68)(H2,53,58,59,61)/t29-,34+,38-,46+/m0/s1. The molecule has 0 radical (unpaired) electrons. The smallest absolute Gasteiger partial charge is 0.273 e. The number of nitrogens with zero attached hydrogens (tertiary/aromatic N) is 8. The van der Waals surface area contributed by atoms with E-state index in [4.69, 9.17) is 4.74 Å². The van der Waals surface area contributed by atoms with Crippen molar-refractivity contribution in [2.24, 2.45) is 12.5 Å². The summed E-state index contributed by atoms with van der Waals surface area (Å²) >= 11 is 1.56. The van der Waals surface area contributed by atoms with E-state index in [1.54, 1.807) is 59.9 Å². The Hall–Kier alpha value is -7.85. The zero-order valence-electron chi connectivity index (χ0n) is 42.1. The first kappa shape index (κ1) is 53.0. The summed E-state index contributed by atoms with van der Waals surface area (Å²) in [6.07, 6.45) is 3.46. The maximum absolute atomic E-state index is 14.1. The Morgan fingerprint density at radius 2 is 1.66 bits per heavy atom. The van der Waals surface area contributed by atoms with E-state index >= 15 is 0 Å². The number of thiazole rings is 1. The van der Waals surface area contributed by atoms with Gasteiger partial charge in [-0.05, 0) is 67.0 Å². The largest absolute Gasteiger partial charge is 0.494 e. The number of nitrogens with one attached hydrogen (secondary N) is 6. The lowest BCUT2D eigenvalue weighted by molar-refractivity contribution is -0.144. The Kier molecular flexibility index (Phi) is 17.1. The third-order valence-corrected chi connectivity index (χ3v) is 13.2.